The maximum absolute atomic E-state index is 3.80. The average molecular weight is 307 g/mol. The van der Waals surface area contributed by atoms with Gasteiger partial charge in [-0.25, -0.2) is 0 Å². The smallest absolute Gasteiger partial charge is 0.0524 e. The van der Waals surface area contributed by atoms with E-state index in [1.165, 1.54) is 45.0 Å². The van der Waals surface area contributed by atoms with Crippen LogP contribution in [0.25, 0.3) is 10.9 Å². The standard InChI is InChI=1S/C15H19BrN2/c1-9-4-5-10(2)15-13(9)14(16)12(18(15)3)8-17-11-6-7-11/h4-5,11,17H,6-8H2,1-3H3. The normalized spacial score (nSPS) is 15.6. The summed E-state index contributed by atoms with van der Waals surface area (Å²) in [4.78, 5) is 0. The number of benzene rings is 1. The third kappa shape index (κ3) is 1.90. The van der Waals surface area contributed by atoms with E-state index in [1.807, 2.05) is 0 Å². The molecule has 0 unspecified atom stereocenters. The van der Waals surface area contributed by atoms with Gasteiger partial charge < -0.3 is 9.88 Å². The summed E-state index contributed by atoms with van der Waals surface area (Å²) >= 11 is 3.80. The quantitative estimate of drug-likeness (QED) is 0.912. The Bertz CT molecular complexity index is 564. The van der Waals surface area contributed by atoms with Gasteiger partial charge in [0, 0.05) is 35.2 Å². The number of fused-ring (bicyclic) bond motifs is 1. The lowest BCUT2D eigenvalue weighted by atomic mass is 10.1. The minimum atomic E-state index is 0.747. The summed E-state index contributed by atoms with van der Waals surface area (Å²) in [5, 5.41) is 4.97. The van der Waals surface area contributed by atoms with Gasteiger partial charge in [0.1, 0.15) is 0 Å². The van der Waals surface area contributed by atoms with Crippen LogP contribution in [0.4, 0.5) is 0 Å². The molecule has 1 aromatic heterocycles. The Morgan fingerprint density at radius 1 is 1.28 bits per heavy atom. The Morgan fingerprint density at radius 3 is 2.56 bits per heavy atom. The van der Waals surface area contributed by atoms with Crippen LogP contribution in [0.1, 0.15) is 29.7 Å². The summed E-state index contributed by atoms with van der Waals surface area (Å²) < 4.78 is 3.59. The van der Waals surface area contributed by atoms with E-state index in [1.54, 1.807) is 0 Å². The number of aryl methyl sites for hydroxylation is 3. The molecule has 3 rings (SSSR count). The zero-order chi connectivity index (χ0) is 12.9. The van der Waals surface area contributed by atoms with Gasteiger partial charge in [0.15, 0.2) is 0 Å². The second-order valence-corrected chi connectivity index (χ2v) is 6.19. The lowest BCUT2D eigenvalue weighted by Crippen LogP contribution is -2.17. The SMILES string of the molecule is Cc1ccc(C)c2c1c(Br)c(CNC1CC1)n2C. The van der Waals surface area contributed by atoms with Gasteiger partial charge in [0.2, 0.25) is 0 Å². The van der Waals surface area contributed by atoms with E-state index in [-0.39, 0.29) is 0 Å². The molecule has 1 heterocycles. The lowest BCUT2D eigenvalue weighted by molar-refractivity contribution is 0.653. The maximum Gasteiger partial charge on any atom is 0.0524 e. The number of hydrogen-bond donors (Lipinski definition) is 1. The zero-order valence-electron chi connectivity index (χ0n) is 11.2. The second kappa shape index (κ2) is 4.39. The van der Waals surface area contributed by atoms with Crippen molar-refractivity contribution < 1.29 is 0 Å². The zero-order valence-corrected chi connectivity index (χ0v) is 12.8. The molecule has 0 aliphatic heterocycles. The van der Waals surface area contributed by atoms with Crippen molar-refractivity contribution in [2.24, 2.45) is 7.05 Å². The Morgan fingerprint density at radius 2 is 1.94 bits per heavy atom. The Hall–Kier alpha value is -0.800. The monoisotopic (exact) mass is 306 g/mol. The number of nitrogens with one attached hydrogen (secondary N) is 1. The van der Waals surface area contributed by atoms with Crippen LogP contribution in [0.15, 0.2) is 16.6 Å². The van der Waals surface area contributed by atoms with Crippen LogP contribution in [0.5, 0.6) is 0 Å². The molecule has 1 N–H and O–H groups in total. The highest BCUT2D eigenvalue weighted by Gasteiger charge is 2.22. The Kier molecular flexibility index (Phi) is 2.99. The first kappa shape index (κ1) is 12.2. The molecule has 0 atom stereocenters. The molecule has 96 valence electrons. The van der Waals surface area contributed by atoms with Crippen LogP contribution in [-0.2, 0) is 13.6 Å². The molecule has 1 saturated carbocycles. The number of halogens is 1. The van der Waals surface area contributed by atoms with E-state index in [2.05, 4.69) is 58.8 Å². The van der Waals surface area contributed by atoms with Gasteiger partial charge in [-0.2, -0.15) is 0 Å². The molecular weight excluding hydrogens is 288 g/mol. The van der Waals surface area contributed by atoms with Gasteiger partial charge in [-0.1, -0.05) is 12.1 Å². The van der Waals surface area contributed by atoms with Crippen molar-refractivity contribution in [3.63, 3.8) is 0 Å². The van der Waals surface area contributed by atoms with E-state index in [9.17, 15) is 0 Å². The molecule has 3 heteroatoms. The van der Waals surface area contributed by atoms with Crippen molar-refractivity contribution in [1.29, 1.82) is 0 Å². The minimum Gasteiger partial charge on any atom is -0.345 e. The van der Waals surface area contributed by atoms with E-state index in [4.69, 9.17) is 0 Å². The van der Waals surface area contributed by atoms with Crippen LogP contribution >= 0.6 is 15.9 Å². The number of aromatic nitrogens is 1. The first-order valence-corrected chi connectivity index (χ1v) is 7.35. The first-order valence-electron chi connectivity index (χ1n) is 6.56. The van der Waals surface area contributed by atoms with Crippen LogP contribution in [0, 0.1) is 13.8 Å². The third-order valence-electron chi connectivity index (χ3n) is 3.94. The van der Waals surface area contributed by atoms with Crippen molar-refractivity contribution in [1.82, 2.24) is 9.88 Å². The molecule has 0 spiro atoms. The van der Waals surface area contributed by atoms with Crippen LogP contribution in [-0.4, -0.2) is 10.6 Å². The topological polar surface area (TPSA) is 17.0 Å². The van der Waals surface area contributed by atoms with Gasteiger partial charge in [0.05, 0.1) is 5.52 Å². The van der Waals surface area contributed by atoms with Crippen molar-refractivity contribution in [2.45, 2.75) is 39.3 Å². The molecule has 18 heavy (non-hydrogen) atoms. The van der Waals surface area contributed by atoms with Gasteiger partial charge in [-0.3, -0.25) is 0 Å². The van der Waals surface area contributed by atoms with Crippen LogP contribution in [0.2, 0.25) is 0 Å². The van der Waals surface area contributed by atoms with E-state index >= 15 is 0 Å². The molecular formula is C15H19BrN2. The molecule has 0 bridgehead atoms. The summed E-state index contributed by atoms with van der Waals surface area (Å²) in [7, 11) is 2.17. The van der Waals surface area contributed by atoms with E-state index < -0.39 is 0 Å². The predicted octanol–water partition coefficient (Wildman–Crippen LogP) is 3.81. The van der Waals surface area contributed by atoms with Crippen molar-refractivity contribution in [2.75, 3.05) is 0 Å². The molecule has 1 aliphatic rings. The molecule has 0 radical (unpaired) electrons. The fourth-order valence-electron chi connectivity index (χ4n) is 2.66. The van der Waals surface area contributed by atoms with E-state index in [0.717, 1.165) is 12.6 Å². The summed E-state index contributed by atoms with van der Waals surface area (Å²) in [6, 6.07) is 5.17. The Balaban J connectivity index is 2.13. The molecule has 1 fully saturated rings. The molecule has 0 amide bonds. The fourth-order valence-corrected chi connectivity index (χ4v) is 3.56. The number of hydrogen-bond acceptors (Lipinski definition) is 1. The van der Waals surface area contributed by atoms with Gasteiger partial charge in [-0.05, 0) is 53.7 Å². The molecule has 1 aromatic carbocycles. The van der Waals surface area contributed by atoms with E-state index in [0.29, 0.717) is 0 Å². The molecule has 0 saturated heterocycles. The average Bonchev–Trinajstić information content (AvgIpc) is 3.11. The maximum atomic E-state index is 3.80. The van der Waals surface area contributed by atoms with Crippen LogP contribution < -0.4 is 5.32 Å². The summed E-state index contributed by atoms with van der Waals surface area (Å²) in [5.41, 5.74) is 5.40. The lowest BCUT2D eigenvalue weighted by Gasteiger charge is -2.07. The number of rotatable bonds is 3. The first-order chi connectivity index (χ1) is 8.59. The predicted molar refractivity (Wildman–Crippen MR) is 80.0 cm³/mol. The Labute approximate surface area is 116 Å². The number of nitrogens with zero attached hydrogens (tertiary/aromatic N) is 1. The second-order valence-electron chi connectivity index (χ2n) is 5.40. The molecule has 2 aromatic rings. The summed E-state index contributed by atoms with van der Waals surface area (Å²) in [5.74, 6) is 0. The van der Waals surface area contributed by atoms with Gasteiger partial charge in [0.25, 0.3) is 0 Å². The summed E-state index contributed by atoms with van der Waals surface area (Å²) in [6.45, 7) is 5.33. The van der Waals surface area contributed by atoms with Gasteiger partial charge in [-0.15, -0.1) is 0 Å². The largest absolute Gasteiger partial charge is 0.345 e. The summed E-state index contributed by atoms with van der Waals surface area (Å²) in [6.07, 6.45) is 2.67. The van der Waals surface area contributed by atoms with Gasteiger partial charge >= 0.3 is 0 Å². The molecule has 2 nitrogen and oxygen atoms in total. The highest BCUT2D eigenvalue weighted by Crippen LogP contribution is 2.35. The third-order valence-corrected chi connectivity index (χ3v) is 4.79. The van der Waals surface area contributed by atoms with Crippen molar-refractivity contribution in [3.05, 3.63) is 33.4 Å². The van der Waals surface area contributed by atoms with Crippen LogP contribution in [0.3, 0.4) is 0 Å². The highest BCUT2D eigenvalue weighted by molar-refractivity contribution is 9.10. The van der Waals surface area contributed by atoms with Crippen molar-refractivity contribution in [3.8, 4) is 0 Å². The van der Waals surface area contributed by atoms with Crippen molar-refractivity contribution >= 4 is 26.8 Å². The fraction of sp³-hybridized carbons (Fsp3) is 0.467. The highest BCUT2D eigenvalue weighted by atomic mass is 79.9. The minimum absolute atomic E-state index is 0.747. The molecule has 1 aliphatic carbocycles.